The van der Waals surface area contributed by atoms with Crippen LogP contribution in [0, 0.1) is 0 Å². The fourth-order valence-corrected chi connectivity index (χ4v) is 0.105. The van der Waals surface area contributed by atoms with Gasteiger partial charge < -0.3 is 34.2 Å². The predicted octanol–water partition coefficient (Wildman–Crippen LogP) is -0.986. The summed E-state index contributed by atoms with van der Waals surface area (Å²) in [6.07, 6.45) is 1.58. The molecular formula is C3H13NO7P2S2. The number of rotatable bonds is 1. The van der Waals surface area contributed by atoms with E-state index in [9.17, 15) is 0 Å². The van der Waals surface area contributed by atoms with Crippen LogP contribution in [0.15, 0.2) is 5.16 Å². The Labute approximate surface area is 97.0 Å². The van der Waals surface area contributed by atoms with E-state index in [2.05, 4.69) is 33.6 Å². The minimum atomic E-state index is -3.81. The fraction of sp³-hybridized carbons (Fsp3) is 0.667. The largest absolute Gasteiger partial charge is 0.399 e. The summed E-state index contributed by atoms with van der Waals surface area (Å²) in [6.45, 7) is -5.82. The Hall–Kier alpha value is 0.530. The molecule has 12 heteroatoms. The van der Waals surface area contributed by atoms with Crippen molar-refractivity contribution in [2.45, 2.75) is 6.92 Å². The molecule has 0 spiro atoms. The predicted molar refractivity (Wildman–Crippen MR) is 63.1 cm³/mol. The van der Waals surface area contributed by atoms with Crippen molar-refractivity contribution in [2.24, 2.45) is 5.16 Å². The van der Waals surface area contributed by atoms with Gasteiger partial charge in [-0.1, -0.05) is 0 Å². The molecule has 0 heterocycles. The zero-order valence-corrected chi connectivity index (χ0v) is 11.2. The Morgan fingerprint density at radius 1 is 1.00 bits per heavy atom. The zero-order valence-electron chi connectivity index (χ0n) is 7.83. The fourth-order valence-electron chi connectivity index (χ4n) is 0.105. The average molecular weight is 301 g/mol. The Balaban J connectivity index is -0.000000144. The summed E-state index contributed by atoms with van der Waals surface area (Å²) in [5.74, 6) is 0. The minimum absolute atomic E-state index is 1.51. The second-order valence-electron chi connectivity index (χ2n) is 1.57. The second kappa shape index (κ2) is 11.0. The van der Waals surface area contributed by atoms with Gasteiger partial charge in [0.15, 0.2) is 0 Å². The van der Waals surface area contributed by atoms with Crippen molar-refractivity contribution in [1.29, 1.82) is 0 Å². The Kier molecular flexibility index (Phi) is 15.4. The molecule has 8 nitrogen and oxygen atoms in total. The van der Waals surface area contributed by atoms with E-state index in [4.69, 9.17) is 29.4 Å². The highest BCUT2D eigenvalue weighted by Gasteiger charge is 1.92. The molecule has 0 aromatic rings. The highest BCUT2D eigenvalue weighted by molar-refractivity contribution is 8.06. The van der Waals surface area contributed by atoms with E-state index in [1.54, 1.807) is 13.1 Å². The monoisotopic (exact) mass is 301 g/mol. The molecule has 15 heavy (non-hydrogen) atoms. The molecule has 0 radical (unpaired) electrons. The van der Waals surface area contributed by atoms with Crippen molar-refractivity contribution in [3.8, 4) is 0 Å². The molecule has 0 saturated heterocycles. The molecule has 0 saturated carbocycles. The van der Waals surface area contributed by atoms with Gasteiger partial charge in [-0.05, 0) is 30.5 Å². The van der Waals surface area contributed by atoms with Crippen LogP contribution in [-0.4, -0.2) is 42.7 Å². The van der Waals surface area contributed by atoms with E-state index in [-0.39, 0.29) is 0 Å². The van der Waals surface area contributed by atoms with Crippen molar-refractivity contribution in [3.05, 3.63) is 0 Å². The van der Waals surface area contributed by atoms with Crippen LogP contribution in [0.5, 0.6) is 0 Å². The maximum Gasteiger partial charge on any atom is 0.319 e. The van der Waals surface area contributed by atoms with Gasteiger partial charge in [-0.15, -0.1) is 5.16 Å². The smallest absolute Gasteiger partial charge is 0.319 e. The van der Waals surface area contributed by atoms with Crippen LogP contribution >= 0.6 is 13.4 Å². The molecule has 6 N–H and O–H groups in total. The summed E-state index contributed by atoms with van der Waals surface area (Å²) in [4.78, 5) is 49.6. The first kappa shape index (κ1) is 20.9. The second-order valence-corrected chi connectivity index (χ2v) is 6.57. The van der Waals surface area contributed by atoms with Crippen molar-refractivity contribution in [3.63, 3.8) is 0 Å². The van der Waals surface area contributed by atoms with Gasteiger partial charge in [-0.2, -0.15) is 0 Å². The standard InChI is InChI=1S/C3H7NO.2H3O3PS/c1-3-4-5-2;2*1-4(2,3)5/h3H,1-2H3;2*(H3,1,2,3,5). The van der Waals surface area contributed by atoms with Gasteiger partial charge in [-0.3, -0.25) is 0 Å². The van der Waals surface area contributed by atoms with Gasteiger partial charge in [0, 0.05) is 6.21 Å². The molecule has 0 aliphatic rings. The topological polar surface area (TPSA) is 143 Å². The van der Waals surface area contributed by atoms with E-state index >= 15 is 0 Å². The molecular weight excluding hydrogens is 288 g/mol. The van der Waals surface area contributed by atoms with E-state index < -0.39 is 13.4 Å². The maximum absolute atomic E-state index is 7.56. The number of oxime groups is 1. The molecule has 0 aromatic heterocycles. The summed E-state index contributed by atoms with van der Waals surface area (Å²) in [5, 5.41) is 3.35. The average Bonchev–Trinajstić information content (AvgIpc) is 1.80. The summed E-state index contributed by atoms with van der Waals surface area (Å²) in [7, 11) is 1.51. The minimum Gasteiger partial charge on any atom is -0.399 e. The van der Waals surface area contributed by atoms with Crippen molar-refractivity contribution in [2.75, 3.05) is 7.11 Å². The number of nitrogens with zero attached hydrogens (tertiary/aromatic N) is 1. The van der Waals surface area contributed by atoms with Crippen LogP contribution in [0.25, 0.3) is 0 Å². The van der Waals surface area contributed by atoms with E-state index in [1.807, 2.05) is 0 Å². The quantitative estimate of drug-likeness (QED) is 0.204. The lowest BCUT2D eigenvalue weighted by Gasteiger charge is -1.88. The van der Waals surface area contributed by atoms with Gasteiger partial charge in [0.2, 0.25) is 0 Å². The summed E-state index contributed by atoms with van der Waals surface area (Å²) in [5.41, 5.74) is 0. The number of hydrogen-bond donors (Lipinski definition) is 6. The van der Waals surface area contributed by atoms with Crippen molar-refractivity contribution in [1.82, 2.24) is 0 Å². The van der Waals surface area contributed by atoms with Crippen LogP contribution in [-0.2, 0) is 28.5 Å². The summed E-state index contributed by atoms with van der Waals surface area (Å²) >= 11 is 7.21. The van der Waals surface area contributed by atoms with E-state index in [1.165, 1.54) is 7.11 Å². The molecule has 0 aromatic carbocycles. The van der Waals surface area contributed by atoms with Crippen molar-refractivity contribution < 1.29 is 34.2 Å². The molecule has 0 rings (SSSR count). The zero-order chi connectivity index (χ0) is 13.1. The SMILES string of the molecule is CC=NOC.OP(O)(O)=S.OP(O)(O)=S. The van der Waals surface area contributed by atoms with Crippen molar-refractivity contribution >= 4 is 43.3 Å². The molecule has 0 aliphatic heterocycles. The van der Waals surface area contributed by atoms with E-state index in [0.29, 0.717) is 0 Å². The third-order valence-corrected chi connectivity index (χ3v) is 0.211. The highest BCUT2D eigenvalue weighted by atomic mass is 32.5. The molecule has 0 unspecified atom stereocenters. The first-order valence-electron chi connectivity index (χ1n) is 2.99. The lowest BCUT2D eigenvalue weighted by molar-refractivity contribution is 0.215. The van der Waals surface area contributed by atoms with Gasteiger partial charge in [-0.25, -0.2) is 0 Å². The van der Waals surface area contributed by atoms with Crippen LogP contribution < -0.4 is 0 Å². The van der Waals surface area contributed by atoms with Crippen LogP contribution in [0.2, 0.25) is 0 Å². The van der Waals surface area contributed by atoms with Gasteiger partial charge >= 0.3 is 13.4 Å². The Morgan fingerprint density at radius 2 is 1.20 bits per heavy atom. The van der Waals surface area contributed by atoms with Gasteiger partial charge in [0.25, 0.3) is 0 Å². The van der Waals surface area contributed by atoms with Crippen LogP contribution in [0.4, 0.5) is 0 Å². The normalized spacial score (nSPS) is 10.9. The lowest BCUT2D eigenvalue weighted by Crippen LogP contribution is -1.65. The number of hydrogen-bond acceptors (Lipinski definition) is 4. The maximum atomic E-state index is 7.56. The third-order valence-electron chi connectivity index (χ3n) is 0.211. The Bertz CT molecular complexity index is 210. The highest BCUT2D eigenvalue weighted by Crippen LogP contribution is 2.26. The third kappa shape index (κ3) is 356. The van der Waals surface area contributed by atoms with Gasteiger partial charge in [0.1, 0.15) is 7.11 Å². The summed E-state index contributed by atoms with van der Waals surface area (Å²) in [6, 6.07) is 0. The lowest BCUT2D eigenvalue weighted by atomic mass is 10.9. The molecule has 94 valence electrons. The molecule has 0 amide bonds. The molecule has 0 fully saturated rings. The first-order valence-corrected chi connectivity index (χ1v) is 8.31. The Morgan fingerprint density at radius 3 is 1.20 bits per heavy atom. The molecule has 0 aliphatic carbocycles. The molecule has 0 bridgehead atoms. The van der Waals surface area contributed by atoms with E-state index in [0.717, 1.165) is 0 Å². The van der Waals surface area contributed by atoms with Crippen LogP contribution in [0.3, 0.4) is 0 Å². The molecule has 0 atom stereocenters. The first-order chi connectivity index (χ1) is 6.41. The van der Waals surface area contributed by atoms with Gasteiger partial charge in [0.05, 0.1) is 0 Å². The summed E-state index contributed by atoms with van der Waals surface area (Å²) < 4.78 is 0. The van der Waals surface area contributed by atoms with Crippen LogP contribution in [0.1, 0.15) is 6.92 Å².